The number of carbonyl (C=O) groups excluding carboxylic acids is 1. The van der Waals surface area contributed by atoms with Gasteiger partial charge in [0.15, 0.2) is 20.5 Å². The fraction of sp³-hybridized carbons (Fsp3) is 0.519. The fourth-order valence-electron chi connectivity index (χ4n) is 4.02. The zero-order valence-electron chi connectivity index (χ0n) is 24.6. The highest BCUT2D eigenvalue weighted by molar-refractivity contribution is 6.71. The van der Waals surface area contributed by atoms with E-state index in [2.05, 4.69) is 78.6 Å². The van der Waals surface area contributed by atoms with Crippen LogP contribution in [0.4, 0.5) is 0 Å². The molecular formula is C27H44O6Si4. The lowest BCUT2D eigenvalue weighted by atomic mass is 9.93. The summed E-state index contributed by atoms with van der Waals surface area (Å²) in [5.74, 6) is 2.39. The molecule has 2 atom stereocenters. The van der Waals surface area contributed by atoms with Gasteiger partial charge in [-0.1, -0.05) is 12.1 Å². The second-order valence-electron chi connectivity index (χ2n) is 13.6. The topological polar surface area (TPSA) is 63.2 Å². The average Bonchev–Trinajstić information content (AvgIpc) is 2.65. The highest BCUT2D eigenvalue weighted by atomic mass is 28.4. The highest BCUT2D eigenvalue weighted by Gasteiger charge is 2.44. The number of Topliss-reactive ketones (excluding diaryl/α,β-unsaturated/α-hetero) is 1. The van der Waals surface area contributed by atoms with Crippen molar-refractivity contribution in [3.05, 3.63) is 47.5 Å². The van der Waals surface area contributed by atoms with Crippen LogP contribution in [-0.2, 0) is 4.43 Å². The van der Waals surface area contributed by atoms with Crippen molar-refractivity contribution in [2.75, 3.05) is 0 Å². The lowest BCUT2D eigenvalue weighted by Crippen LogP contribution is -2.45. The minimum absolute atomic E-state index is 0.107. The molecule has 2 aromatic rings. The van der Waals surface area contributed by atoms with E-state index in [1.165, 1.54) is 0 Å². The smallest absolute Gasteiger partial charge is 0.242 e. The molecule has 1 heterocycles. The molecule has 0 N–H and O–H groups in total. The zero-order valence-corrected chi connectivity index (χ0v) is 28.6. The van der Waals surface area contributed by atoms with Crippen LogP contribution in [0.2, 0.25) is 78.6 Å². The first-order chi connectivity index (χ1) is 16.7. The third-order valence-electron chi connectivity index (χ3n) is 5.03. The predicted octanol–water partition coefficient (Wildman–Crippen LogP) is 7.86. The Labute approximate surface area is 227 Å². The molecule has 6 nitrogen and oxygen atoms in total. The minimum Gasteiger partial charge on any atom is -0.544 e. The van der Waals surface area contributed by atoms with Crippen LogP contribution in [0.15, 0.2) is 36.4 Å². The van der Waals surface area contributed by atoms with E-state index in [1.807, 2.05) is 36.4 Å². The first kappa shape index (κ1) is 29.7. The second-order valence-corrected chi connectivity index (χ2v) is 31.3. The number of carbonyl (C=O) groups is 1. The summed E-state index contributed by atoms with van der Waals surface area (Å²) in [7, 11) is -7.79. The van der Waals surface area contributed by atoms with E-state index in [0.717, 1.165) is 11.3 Å². The van der Waals surface area contributed by atoms with Gasteiger partial charge in [0.2, 0.25) is 30.7 Å². The summed E-state index contributed by atoms with van der Waals surface area (Å²) in [5, 5.41) is 0. The largest absolute Gasteiger partial charge is 0.544 e. The van der Waals surface area contributed by atoms with Crippen molar-refractivity contribution in [3.63, 3.8) is 0 Å². The fourth-order valence-corrected chi connectivity index (χ4v) is 7.50. The Bertz CT molecular complexity index is 1120. The Balaban J connectivity index is 2.12. The third kappa shape index (κ3) is 8.57. The molecule has 0 amide bonds. The van der Waals surface area contributed by atoms with Crippen LogP contribution in [0.1, 0.15) is 22.0 Å². The van der Waals surface area contributed by atoms with Gasteiger partial charge in [-0.3, -0.25) is 4.79 Å². The molecule has 2 aromatic carbocycles. The van der Waals surface area contributed by atoms with Crippen molar-refractivity contribution in [1.82, 2.24) is 0 Å². The monoisotopic (exact) mass is 576 g/mol. The molecule has 0 bridgehead atoms. The van der Waals surface area contributed by atoms with E-state index in [0.29, 0.717) is 22.8 Å². The lowest BCUT2D eigenvalue weighted by Gasteiger charge is -2.37. The van der Waals surface area contributed by atoms with Gasteiger partial charge in [-0.15, -0.1) is 0 Å². The van der Waals surface area contributed by atoms with Crippen molar-refractivity contribution in [1.29, 1.82) is 0 Å². The summed E-state index contributed by atoms with van der Waals surface area (Å²) in [6, 6.07) is 11.5. The molecule has 1 aliphatic rings. The van der Waals surface area contributed by atoms with Crippen molar-refractivity contribution >= 4 is 39.1 Å². The average molecular weight is 577 g/mol. The summed E-state index contributed by atoms with van der Waals surface area (Å²) in [6.07, 6.45) is -1.36. The lowest BCUT2D eigenvalue weighted by molar-refractivity contribution is 0.0287. The van der Waals surface area contributed by atoms with Crippen LogP contribution < -0.4 is 18.0 Å². The maximum absolute atomic E-state index is 14.1. The number of hydrogen-bond acceptors (Lipinski definition) is 6. The van der Waals surface area contributed by atoms with Crippen molar-refractivity contribution in [2.45, 2.75) is 90.8 Å². The first-order valence-corrected chi connectivity index (χ1v) is 26.6. The molecule has 3 rings (SSSR count). The van der Waals surface area contributed by atoms with Gasteiger partial charge in [0.1, 0.15) is 28.6 Å². The molecule has 0 radical (unpaired) electrons. The first-order valence-electron chi connectivity index (χ1n) is 12.9. The molecule has 2 unspecified atom stereocenters. The van der Waals surface area contributed by atoms with Crippen molar-refractivity contribution in [3.8, 4) is 23.0 Å². The van der Waals surface area contributed by atoms with Gasteiger partial charge in [0.05, 0.1) is 0 Å². The molecule has 0 saturated heterocycles. The van der Waals surface area contributed by atoms with Gasteiger partial charge in [-0.05, 0) is 96.3 Å². The number of rotatable bonds is 9. The molecule has 0 aromatic heterocycles. The number of benzene rings is 2. The zero-order chi connectivity index (χ0) is 28.0. The quantitative estimate of drug-likeness (QED) is 0.283. The third-order valence-corrected chi connectivity index (χ3v) is 8.52. The number of fused-ring (bicyclic) bond motifs is 1. The maximum atomic E-state index is 14.1. The van der Waals surface area contributed by atoms with Crippen LogP contribution >= 0.6 is 0 Å². The maximum Gasteiger partial charge on any atom is 0.242 e. The van der Waals surface area contributed by atoms with E-state index < -0.39 is 45.5 Å². The van der Waals surface area contributed by atoms with Crippen LogP contribution in [0.3, 0.4) is 0 Å². The van der Waals surface area contributed by atoms with E-state index in [-0.39, 0.29) is 5.78 Å². The Morgan fingerprint density at radius 1 is 0.649 bits per heavy atom. The summed E-state index contributed by atoms with van der Waals surface area (Å²) < 4.78 is 32.0. The Hall–Kier alpha value is -1.86. The summed E-state index contributed by atoms with van der Waals surface area (Å²) >= 11 is 0. The van der Waals surface area contributed by atoms with Gasteiger partial charge in [-0.2, -0.15) is 0 Å². The number of ether oxygens (including phenoxy) is 1. The Kier molecular flexibility index (Phi) is 8.32. The predicted molar refractivity (Wildman–Crippen MR) is 161 cm³/mol. The number of ketones is 1. The van der Waals surface area contributed by atoms with E-state index in [9.17, 15) is 4.79 Å². The van der Waals surface area contributed by atoms with E-state index in [1.54, 1.807) is 0 Å². The molecule has 0 aliphatic carbocycles. The standard InChI is InChI=1S/C27H44O6Si4/c1-34(2,3)30-20-15-13-19(14-16-20)26-27(33-37(10,11)12)25(28)24-22(29-26)17-21(31-35(4,5)6)18-23(24)32-36(7,8)9/h13-18,26-27H,1-12H3. The van der Waals surface area contributed by atoms with Crippen LogP contribution in [0.25, 0.3) is 0 Å². The molecule has 0 fully saturated rings. The molecule has 0 saturated carbocycles. The summed E-state index contributed by atoms with van der Waals surface area (Å²) in [6.45, 7) is 25.4. The summed E-state index contributed by atoms with van der Waals surface area (Å²) in [4.78, 5) is 14.1. The van der Waals surface area contributed by atoms with Gasteiger partial charge in [0.25, 0.3) is 0 Å². The van der Waals surface area contributed by atoms with Gasteiger partial charge >= 0.3 is 0 Å². The van der Waals surface area contributed by atoms with E-state index >= 15 is 0 Å². The highest BCUT2D eigenvalue weighted by Crippen LogP contribution is 2.45. The molecular weight excluding hydrogens is 533 g/mol. The van der Waals surface area contributed by atoms with Crippen LogP contribution in [0, 0.1) is 0 Å². The molecule has 37 heavy (non-hydrogen) atoms. The molecule has 10 heteroatoms. The summed E-state index contributed by atoms with van der Waals surface area (Å²) in [5.41, 5.74) is 1.32. The van der Waals surface area contributed by atoms with Crippen LogP contribution in [-0.4, -0.2) is 45.2 Å². The molecule has 204 valence electrons. The molecule has 1 aliphatic heterocycles. The van der Waals surface area contributed by atoms with Gasteiger partial charge in [-0.25, -0.2) is 0 Å². The second kappa shape index (κ2) is 10.4. The molecule has 0 spiro atoms. The number of hydrogen-bond donors (Lipinski definition) is 0. The Morgan fingerprint density at radius 3 is 1.65 bits per heavy atom. The van der Waals surface area contributed by atoms with E-state index in [4.69, 9.17) is 22.4 Å². The van der Waals surface area contributed by atoms with Crippen molar-refractivity contribution < 1.29 is 27.2 Å². The van der Waals surface area contributed by atoms with Crippen molar-refractivity contribution in [2.24, 2.45) is 0 Å². The SMILES string of the molecule is C[Si](C)(C)Oc1ccc(C2Oc3cc(O[Si](C)(C)C)cc(O[Si](C)(C)C)c3C(=O)C2O[Si](C)(C)C)cc1. The van der Waals surface area contributed by atoms with Gasteiger partial charge < -0.3 is 22.4 Å². The van der Waals surface area contributed by atoms with Crippen LogP contribution in [0.5, 0.6) is 23.0 Å². The Morgan fingerprint density at radius 2 is 1.16 bits per heavy atom. The normalized spacial score (nSPS) is 18.6. The van der Waals surface area contributed by atoms with Gasteiger partial charge in [0, 0.05) is 12.1 Å². The minimum atomic E-state index is -2.10.